The van der Waals surface area contributed by atoms with E-state index in [2.05, 4.69) is 130 Å². The van der Waals surface area contributed by atoms with Crippen LogP contribution in [0.25, 0.3) is 0 Å². The highest BCUT2D eigenvalue weighted by Gasteiger charge is 2.19. The second-order valence-corrected chi connectivity index (χ2v) is 22.7. The molecule has 0 spiro atoms. The lowest BCUT2D eigenvalue weighted by Gasteiger charge is -2.18. The third-order valence-electron chi connectivity index (χ3n) is 14.8. The average Bonchev–Trinajstić information content (AvgIpc) is 3.47. The quantitative estimate of drug-likeness (QED) is 0.0261. The molecule has 0 aliphatic carbocycles. The molecule has 0 aromatic heterocycles. The summed E-state index contributed by atoms with van der Waals surface area (Å²) in [5, 5.41) is 0. The highest BCUT2D eigenvalue weighted by atomic mass is 16.6. The first-order valence-corrected chi connectivity index (χ1v) is 34.4. The van der Waals surface area contributed by atoms with Gasteiger partial charge in [0, 0.05) is 19.3 Å². The molecule has 1 unspecified atom stereocenters. The Labute approximate surface area is 501 Å². The van der Waals surface area contributed by atoms with Gasteiger partial charge in [-0.1, -0.05) is 316 Å². The summed E-state index contributed by atoms with van der Waals surface area (Å²) in [5.74, 6) is -0.922. The Morgan fingerprint density at radius 3 is 0.778 bits per heavy atom. The molecule has 0 heterocycles. The van der Waals surface area contributed by atoms with E-state index in [1.165, 1.54) is 173 Å². The van der Waals surface area contributed by atoms with Gasteiger partial charge in [-0.15, -0.1) is 0 Å². The lowest BCUT2D eigenvalue weighted by molar-refractivity contribution is -0.167. The van der Waals surface area contributed by atoms with Gasteiger partial charge in [0.2, 0.25) is 0 Å². The molecule has 0 radical (unpaired) electrons. The van der Waals surface area contributed by atoms with Crippen LogP contribution in [0.15, 0.2) is 109 Å². The lowest BCUT2D eigenvalue weighted by Crippen LogP contribution is -2.30. The molecule has 0 aliphatic rings. The van der Waals surface area contributed by atoms with Gasteiger partial charge in [-0.05, 0) is 103 Å². The van der Waals surface area contributed by atoms with Crippen LogP contribution in [-0.2, 0) is 28.6 Å². The molecule has 0 bridgehead atoms. The summed E-state index contributed by atoms with van der Waals surface area (Å²) in [4.78, 5) is 38.4. The van der Waals surface area contributed by atoms with Crippen molar-refractivity contribution in [3.63, 3.8) is 0 Å². The molecule has 0 rings (SSSR count). The van der Waals surface area contributed by atoms with E-state index in [0.29, 0.717) is 19.3 Å². The Morgan fingerprint density at radius 2 is 0.481 bits per heavy atom. The molecule has 0 aliphatic heterocycles. The van der Waals surface area contributed by atoms with Gasteiger partial charge in [-0.2, -0.15) is 0 Å². The van der Waals surface area contributed by atoms with E-state index in [-0.39, 0.29) is 31.1 Å². The molecule has 1 atom stereocenters. The van der Waals surface area contributed by atoms with E-state index in [9.17, 15) is 14.4 Å². The highest BCUT2D eigenvalue weighted by molar-refractivity contribution is 5.71. The molecule has 464 valence electrons. The molecule has 0 fully saturated rings. The van der Waals surface area contributed by atoms with Crippen molar-refractivity contribution in [2.24, 2.45) is 0 Å². The van der Waals surface area contributed by atoms with Crippen LogP contribution in [0, 0.1) is 0 Å². The number of unbranched alkanes of at least 4 members (excludes halogenated alkanes) is 33. The van der Waals surface area contributed by atoms with Crippen molar-refractivity contribution in [1.29, 1.82) is 0 Å². The van der Waals surface area contributed by atoms with E-state index in [1.807, 2.05) is 0 Å². The van der Waals surface area contributed by atoms with Gasteiger partial charge in [0.25, 0.3) is 0 Å². The number of hydrogen-bond acceptors (Lipinski definition) is 6. The maximum absolute atomic E-state index is 12.9. The molecule has 0 saturated heterocycles. The van der Waals surface area contributed by atoms with Crippen molar-refractivity contribution in [3.8, 4) is 0 Å². The van der Waals surface area contributed by atoms with Crippen LogP contribution in [0.1, 0.15) is 329 Å². The smallest absolute Gasteiger partial charge is 0.306 e. The van der Waals surface area contributed by atoms with E-state index in [4.69, 9.17) is 14.2 Å². The number of carbonyl (C=O) groups is 3. The molecule has 0 aromatic carbocycles. The Morgan fingerprint density at radius 1 is 0.259 bits per heavy atom. The van der Waals surface area contributed by atoms with Crippen molar-refractivity contribution in [3.05, 3.63) is 109 Å². The van der Waals surface area contributed by atoms with E-state index in [0.717, 1.165) is 116 Å². The summed E-state index contributed by atoms with van der Waals surface area (Å²) >= 11 is 0. The van der Waals surface area contributed by atoms with E-state index < -0.39 is 6.10 Å². The fourth-order valence-corrected chi connectivity index (χ4v) is 9.70. The van der Waals surface area contributed by atoms with Crippen molar-refractivity contribution in [2.75, 3.05) is 13.2 Å². The topological polar surface area (TPSA) is 78.9 Å². The zero-order valence-electron chi connectivity index (χ0n) is 53.3. The maximum atomic E-state index is 12.9. The number of esters is 3. The number of carbonyl (C=O) groups excluding carboxylic acids is 3. The molecule has 0 saturated carbocycles. The van der Waals surface area contributed by atoms with Crippen LogP contribution < -0.4 is 0 Å². The second kappa shape index (κ2) is 68.6. The van der Waals surface area contributed by atoms with Gasteiger partial charge >= 0.3 is 17.9 Å². The number of hydrogen-bond donors (Lipinski definition) is 0. The first kappa shape index (κ1) is 77.1. The fourth-order valence-electron chi connectivity index (χ4n) is 9.70. The second-order valence-electron chi connectivity index (χ2n) is 22.7. The van der Waals surface area contributed by atoms with Gasteiger partial charge in [-0.25, -0.2) is 0 Å². The zero-order valence-corrected chi connectivity index (χ0v) is 53.3. The Hall–Kier alpha value is -3.93. The Kier molecular flexibility index (Phi) is 65.2. The highest BCUT2D eigenvalue weighted by Crippen LogP contribution is 2.17. The van der Waals surface area contributed by atoms with Crippen LogP contribution in [0.3, 0.4) is 0 Å². The third kappa shape index (κ3) is 66.8. The van der Waals surface area contributed by atoms with Gasteiger partial charge < -0.3 is 14.2 Å². The predicted octanol–water partition coefficient (Wildman–Crippen LogP) is 23.8. The summed E-state index contributed by atoms with van der Waals surface area (Å²) in [6, 6.07) is 0. The summed E-state index contributed by atoms with van der Waals surface area (Å²) < 4.78 is 16.9. The monoisotopic (exact) mass is 1120 g/mol. The van der Waals surface area contributed by atoms with Crippen LogP contribution in [-0.4, -0.2) is 37.2 Å². The van der Waals surface area contributed by atoms with Crippen molar-refractivity contribution < 1.29 is 28.6 Å². The zero-order chi connectivity index (χ0) is 58.5. The van der Waals surface area contributed by atoms with Crippen molar-refractivity contribution in [1.82, 2.24) is 0 Å². The molecule has 6 heteroatoms. The van der Waals surface area contributed by atoms with Crippen molar-refractivity contribution >= 4 is 17.9 Å². The van der Waals surface area contributed by atoms with Crippen LogP contribution in [0.5, 0.6) is 0 Å². The van der Waals surface area contributed by atoms with Crippen LogP contribution >= 0.6 is 0 Å². The fraction of sp³-hybridized carbons (Fsp3) is 0.720. The molecule has 0 amide bonds. The van der Waals surface area contributed by atoms with Gasteiger partial charge in [-0.3, -0.25) is 14.4 Å². The minimum Gasteiger partial charge on any atom is -0.462 e. The summed E-state index contributed by atoms with van der Waals surface area (Å²) in [6.07, 6.45) is 94.0. The predicted molar refractivity (Wildman–Crippen MR) is 353 cm³/mol. The van der Waals surface area contributed by atoms with Crippen molar-refractivity contribution in [2.45, 2.75) is 335 Å². The summed E-state index contributed by atoms with van der Waals surface area (Å²) in [5.41, 5.74) is 0. The minimum absolute atomic E-state index is 0.0909. The molecule has 81 heavy (non-hydrogen) atoms. The van der Waals surface area contributed by atoms with E-state index >= 15 is 0 Å². The molecule has 0 N–H and O–H groups in total. The van der Waals surface area contributed by atoms with Gasteiger partial charge in [0.05, 0.1) is 0 Å². The molecular formula is C75H128O6. The Balaban J connectivity index is 4.34. The standard InChI is InChI=1S/C75H128O6/c1-4-7-10-13-16-19-22-25-28-30-32-34-35-36-37-38-39-41-42-44-47-50-53-56-59-62-65-68-74(77)80-71-72(70-79-73(76)67-64-61-58-55-52-49-46-27-24-21-18-15-12-9-6-3)81-75(78)69-66-63-60-57-54-51-48-45-43-40-33-31-29-26-23-20-17-14-11-8-5-2/h7,9-10,12,16,18-19,21,25,27-28,32,34,36-37,46,52,55,72H,4-6,8,11,13-15,17,20,22-24,26,29-31,33,35,38-45,47-51,53-54,56-71H2,1-3H3/b10-7-,12-9-,19-16-,21-18-,28-25-,34-32-,37-36-,46-27-,55-52-. The minimum atomic E-state index is -0.798. The normalized spacial score (nSPS) is 12.8. The third-order valence-corrected chi connectivity index (χ3v) is 14.8. The first-order chi connectivity index (χ1) is 40.0. The SMILES string of the molecule is CC/C=C\C/C=C\C/C=C\C/C=C\C/C=C\CCCCCCCCCCCCCC(=O)OCC(COC(=O)CCCC/C=C\C/C=C\C/C=C\C/C=C\CC)OC(=O)CCCCCCCCCCCCCCCCCCCCCCC. The number of ether oxygens (including phenoxy) is 3. The molecular weight excluding hydrogens is 997 g/mol. The lowest BCUT2D eigenvalue weighted by atomic mass is 10.0. The molecule has 6 nitrogen and oxygen atoms in total. The first-order valence-electron chi connectivity index (χ1n) is 34.4. The summed E-state index contributed by atoms with van der Waals surface area (Å²) in [7, 11) is 0. The van der Waals surface area contributed by atoms with Gasteiger partial charge in [0.15, 0.2) is 6.10 Å². The van der Waals surface area contributed by atoms with Crippen LogP contribution in [0.4, 0.5) is 0 Å². The largest absolute Gasteiger partial charge is 0.462 e. The Bertz CT molecular complexity index is 1620. The number of allylic oxidation sites excluding steroid dienone is 18. The van der Waals surface area contributed by atoms with E-state index in [1.54, 1.807) is 0 Å². The summed E-state index contributed by atoms with van der Waals surface area (Å²) in [6.45, 7) is 6.42. The maximum Gasteiger partial charge on any atom is 0.306 e. The van der Waals surface area contributed by atoms with Gasteiger partial charge in [0.1, 0.15) is 13.2 Å². The van der Waals surface area contributed by atoms with Crippen LogP contribution in [0.2, 0.25) is 0 Å². The average molecular weight is 1130 g/mol. The number of rotatable bonds is 62. The molecule has 0 aromatic rings.